The van der Waals surface area contributed by atoms with Crippen LogP contribution in [0.3, 0.4) is 0 Å². The molecule has 3 aromatic rings. The summed E-state index contributed by atoms with van der Waals surface area (Å²) in [5.74, 6) is -1.65. The van der Waals surface area contributed by atoms with Crippen molar-refractivity contribution in [2.24, 2.45) is 28.5 Å². The van der Waals surface area contributed by atoms with Gasteiger partial charge in [-0.15, -0.1) is 0 Å². The Bertz CT molecular complexity index is 1810. The maximum Gasteiger partial charge on any atom is 0.245 e. The quantitative estimate of drug-likeness (QED) is 0.0934. The van der Waals surface area contributed by atoms with Gasteiger partial charge in [0.1, 0.15) is 18.1 Å². The third-order valence-electron chi connectivity index (χ3n) is 11.6. The van der Waals surface area contributed by atoms with E-state index in [2.05, 4.69) is 16.0 Å². The maximum atomic E-state index is 14.1. The number of carbonyl (C=O) groups excluding carboxylic acids is 5. The molecule has 5 amide bonds. The van der Waals surface area contributed by atoms with Crippen molar-refractivity contribution in [3.63, 3.8) is 0 Å². The van der Waals surface area contributed by atoms with Crippen molar-refractivity contribution >= 4 is 29.5 Å². The number of amides is 5. The number of hydrogen-bond donors (Lipinski definition) is 6. The molecule has 59 heavy (non-hydrogen) atoms. The number of piperidine rings is 1. The summed E-state index contributed by atoms with van der Waals surface area (Å²) in [7, 11) is 0. The molecule has 2 aliphatic heterocycles. The summed E-state index contributed by atoms with van der Waals surface area (Å²) in [4.78, 5) is 72.4. The van der Waals surface area contributed by atoms with E-state index < -0.39 is 47.9 Å². The minimum absolute atomic E-state index is 0.0276. The average Bonchev–Trinajstić information content (AvgIpc) is 3.22. The minimum Gasteiger partial charge on any atom is -0.343 e. The Hall–Kier alpha value is -5.11. The van der Waals surface area contributed by atoms with E-state index in [4.69, 9.17) is 17.2 Å². The van der Waals surface area contributed by atoms with Gasteiger partial charge >= 0.3 is 0 Å². The molecule has 0 radical (unpaired) electrons. The molecule has 3 aromatic carbocycles. The molecule has 0 bridgehead atoms. The molecule has 0 saturated carbocycles. The van der Waals surface area contributed by atoms with Gasteiger partial charge in [-0.05, 0) is 80.5 Å². The van der Waals surface area contributed by atoms with Crippen molar-refractivity contribution in [3.05, 3.63) is 108 Å². The number of nitrogens with zero attached hydrogens (tertiary/aromatic N) is 2. The fourth-order valence-electron chi connectivity index (χ4n) is 8.14. The van der Waals surface area contributed by atoms with Crippen LogP contribution in [0.2, 0.25) is 0 Å². The van der Waals surface area contributed by atoms with Gasteiger partial charge < -0.3 is 43.0 Å². The zero-order valence-electron chi connectivity index (χ0n) is 34.7. The molecule has 13 nitrogen and oxygen atoms in total. The molecular weight excluding hydrogens is 745 g/mol. The van der Waals surface area contributed by atoms with E-state index in [1.165, 1.54) is 0 Å². The number of rotatable bonds is 20. The average molecular weight is 809 g/mol. The normalized spacial score (nSPS) is 17.3. The highest BCUT2D eigenvalue weighted by molar-refractivity contribution is 5.95. The molecule has 2 aliphatic rings. The van der Waals surface area contributed by atoms with Gasteiger partial charge in [0.15, 0.2) is 0 Å². The summed E-state index contributed by atoms with van der Waals surface area (Å²) in [6, 6.07) is 24.3. The van der Waals surface area contributed by atoms with Crippen LogP contribution in [-0.2, 0) is 43.2 Å². The minimum atomic E-state index is -1.00. The molecule has 5 atom stereocenters. The zero-order valence-corrected chi connectivity index (χ0v) is 34.7. The van der Waals surface area contributed by atoms with Gasteiger partial charge in [0.2, 0.25) is 29.5 Å². The summed E-state index contributed by atoms with van der Waals surface area (Å²) < 4.78 is 0. The Labute approximate surface area is 349 Å². The van der Waals surface area contributed by atoms with Crippen molar-refractivity contribution < 1.29 is 24.0 Å². The van der Waals surface area contributed by atoms with Crippen LogP contribution >= 0.6 is 0 Å². The molecule has 0 aromatic heterocycles. The van der Waals surface area contributed by atoms with Crippen LogP contribution in [-0.4, -0.2) is 102 Å². The molecule has 0 aliphatic carbocycles. The molecule has 5 rings (SSSR count). The molecule has 1 unspecified atom stereocenters. The van der Waals surface area contributed by atoms with E-state index in [1.807, 2.05) is 110 Å². The lowest BCUT2D eigenvalue weighted by atomic mass is 9.71. The number of unbranched alkanes of at least 4 members (excludes halogenated alkanes) is 1. The second-order valence-corrected chi connectivity index (χ2v) is 16.9. The standard InChI is InChI=1S/C46H64N8O5/c1-32(2)26-39(52-43(57)40(29-35-18-10-5-11-19-35)51-41(55)36(48)27-33-14-6-3-7-15-33)42(56)50-38(20-12-13-23-47)45(59)54-30-46(31-54)21-24-53(25-22-46)44(58)37(49)28-34-16-8-4-9-17-34/h3-11,14-19,32,36-40H,12-13,20-31,47-49H2,1-2H3,(H,50,56)(H,51,55)(H,52,57)/t36-,37-,38-,39?,40-/m1/s1. The summed E-state index contributed by atoms with van der Waals surface area (Å²) in [6.07, 6.45) is 4.56. The Morgan fingerprint density at radius 2 is 1.07 bits per heavy atom. The number of nitrogens with one attached hydrogen (secondary N) is 3. The monoisotopic (exact) mass is 808 g/mol. The van der Waals surface area contributed by atoms with Crippen molar-refractivity contribution in [2.75, 3.05) is 32.7 Å². The van der Waals surface area contributed by atoms with Gasteiger partial charge in [0.25, 0.3) is 0 Å². The topological polar surface area (TPSA) is 206 Å². The fourth-order valence-corrected chi connectivity index (χ4v) is 8.14. The molecular formula is C46H64N8O5. The highest BCUT2D eigenvalue weighted by Gasteiger charge is 2.48. The van der Waals surface area contributed by atoms with Gasteiger partial charge in [-0.3, -0.25) is 24.0 Å². The predicted octanol–water partition coefficient (Wildman–Crippen LogP) is 2.45. The lowest BCUT2D eigenvalue weighted by molar-refractivity contribution is -0.153. The van der Waals surface area contributed by atoms with Crippen LogP contribution in [0, 0.1) is 11.3 Å². The largest absolute Gasteiger partial charge is 0.343 e. The second kappa shape index (κ2) is 21.8. The van der Waals surface area contributed by atoms with E-state index in [1.54, 1.807) is 4.90 Å². The van der Waals surface area contributed by atoms with E-state index in [9.17, 15) is 24.0 Å². The van der Waals surface area contributed by atoms with Crippen molar-refractivity contribution in [1.29, 1.82) is 0 Å². The highest BCUT2D eigenvalue weighted by atomic mass is 16.2. The summed E-state index contributed by atoms with van der Waals surface area (Å²) in [5, 5.41) is 8.77. The van der Waals surface area contributed by atoms with E-state index in [-0.39, 0.29) is 29.6 Å². The van der Waals surface area contributed by atoms with Crippen LogP contribution in [0.5, 0.6) is 0 Å². The lowest BCUT2D eigenvalue weighted by Gasteiger charge is -2.54. The highest BCUT2D eigenvalue weighted by Crippen LogP contribution is 2.41. The first-order valence-electron chi connectivity index (χ1n) is 21.2. The molecule has 318 valence electrons. The first-order chi connectivity index (χ1) is 28.4. The van der Waals surface area contributed by atoms with Crippen molar-refractivity contribution in [1.82, 2.24) is 25.8 Å². The van der Waals surface area contributed by atoms with Crippen molar-refractivity contribution in [3.8, 4) is 0 Å². The van der Waals surface area contributed by atoms with Gasteiger partial charge in [-0.1, -0.05) is 105 Å². The Kier molecular flexibility index (Phi) is 16.6. The first kappa shape index (κ1) is 45.0. The molecule has 9 N–H and O–H groups in total. The molecule has 2 saturated heterocycles. The van der Waals surface area contributed by atoms with Crippen LogP contribution in [0.1, 0.15) is 69.1 Å². The van der Waals surface area contributed by atoms with E-state index in [0.717, 1.165) is 29.5 Å². The van der Waals surface area contributed by atoms with Crippen LogP contribution in [0.15, 0.2) is 91.0 Å². The Morgan fingerprint density at radius 1 is 0.593 bits per heavy atom. The van der Waals surface area contributed by atoms with Crippen LogP contribution in [0.25, 0.3) is 0 Å². The molecule has 13 heteroatoms. The predicted molar refractivity (Wildman–Crippen MR) is 229 cm³/mol. The van der Waals surface area contributed by atoms with Gasteiger partial charge in [0, 0.05) is 38.0 Å². The SMILES string of the molecule is CC(C)CC(NC(=O)[C@@H](Cc1ccccc1)NC(=O)[C@H](N)Cc1ccccc1)C(=O)N[C@H](CCCCN)C(=O)N1CC2(CCN(C(=O)[C@H](N)Cc3ccccc3)CC2)C1. The third-order valence-corrected chi connectivity index (χ3v) is 11.6. The summed E-state index contributed by atoms with van der Waals surface area (Å²) in [6.45, 7) is 6.64. The number of likely N-dealkylation sites (tertiary alicyclic amines) is 2. The smallest absolute Gasteiger partial charge is 0.245 e. The zero-order chi connectivity index (χ0) is 42.4. The molecule has 1 spiro atoms. The Balaban J connectivity index is 1.20. The third kappa shape index (κ3) is 13.2. The van der Waals surface area contributed by atoms with E-state index >= 15 is 0 Å². The lowest BCUT2D eigenvalue weighted by Crippen LogP contribution is -2.66. The Morgan fingerprint density at radius 3 is 1.59 bits per heavy atom. The van der Waals surface area contributed by atoms with Gasteiger partial charge in [0.05, 0.1) is 12.1 Å². The van der Waals surface area contributed by atoms with Crippen molar-refractivity contribution in [2.45, 2.75) is 102 Å². The van der Waals surface area contributed by atoms with Crippen LogP contribution in [0.4, 0.5) is 0 Å². The number of benzene rings is 3. The second-order valence-electron chi connectivity index (χ2n) is 16.9. The first-order valence-corrected chi connectivity index (χ1v) is 21.2. The number of hydrogen-bond acceptors (Lipinski definition) is 8. The fraction of sp³-hybridized carbons (Fsp3) is 0.500. The molecule has 2 fully saturated rings. The van der Waals surface area contributed by atoms with Gasteiger partial charge in [-0.2, -0.15) is 0 Å². The van der Waals surface area contributed by atoms with Gasteiger partial charge in [-0.25, -0.2) is 0 Å². The maximum absolute atomic E-state index is 14.1. The molecule has 2 heterocycles. The van der Waals surface area contributed by atoms with Crippen LogP contribution < -0.4 is 33.2 Å². The summed E-state index contributed by atoms with van der Waals surface area (Å²) in [5.41, 5.74) is 21.1. The summed E-state index contributed by atoms with van der Waals surface area (Å²) >= 11 is 0. The van der Waals surface area contributed by atoms with E-state index in [0.29, 0.717) is 71.2 Å². The number of nitrogens with two attached hydrogens (primary N) is 3. The number of carbonyl (C=O) groups is 5.